The minimum atomic E-state index is -3.81. The van der Waals surface area contributed by atoms with Crippen LogP contribution in [0.25, 0.3) is 0 Å². The number of imidazole rings is 1. The molecule has 1 aromatic heterocycles. The third kappa shape index (κ3) is 5.76. The number of hydrogen-bond acceptors (Lipinski definition) is 7. The summed E-state index contributed by atoms with van der Waals surface area (Å²) in [6.07, 6.45) is 0.0835. The summed E-state index contributed by atoms with van der Waals surface area (Å²) in [7, 11) is -2.12. The van der Waals surface area contributed by atoms with Crippen LogP contribution in [0.5, 0.6) is 0 Å². The summed E-state index contributed by atoms with van der Waals surface area (Å²) in [5.41, 5.74) is 0. The number of morpholine rings is 1. The summed E-state index contributed by atoms with van der Waals surface area (Å²) in [5.74, 6) is -0.395. The predicted octanol–water partition coefficient (Wildman–Crippen LogP) is -0.0356. The molecule has 10 nitrogen and oxygen atoms in total. The maximum atomic E-state index is 12.4. The fraction of sp³-hybridized carbons (Fsp3) is 0.706. The lowest BCUT2D eigenvalue weighted by Crippen LogP contribution is -2.51. The summed E-state index contributed by atoms with van der Waals surface area (Å²) in [5, 5.41) is -0.111. The van der Waals surface area contributed by atoms with Gasteiger partial charge in [0.15, 0.2) is 11.1 Å². The normalized spacial score (nSPS) is 21.4. The first kappa shape index (κ1) is 22.3. The second kappa shape index (κ2) is 9.01. The molecule has 2 heterocycles. The van der Waals surface area contributed by atoms with Crippen LogP contribution in [0.15, 0.2) is 11.2 Å². The van der Waals surface area contributed by atoms with E-state index in [1.165, 1.54) is 13.1 Å². The van der Waals surface area contributed by atoms with Crippen molar-refractivity contribution in [1.82, 2.24) is 19.2 Å². The van der Waals surface area contributed by atoms with Crippen molar-refractivity contribution in [1.29, 1.82) is 0 Å². The van der Waals surface area contributed by atoms with E-state index in [1.54, 1.807) is 23.4 Å². The highest BCUT2D eigenvalue weighted by atomic mass is 32.2. The van der Waals surface area contributed by atoms with Gasteiger partial charge < -0.3 is 18.9 Å². The largest absolute Gasteiger partial charge is 0.452 e. The maximum absolute atomic E-state index is 12.4. The van der Waals surface area contributed by atoms with Gasteiger partial charge in [-0.2, -0.15) is 0 Å². The highest BCUT2D eigenvalue weighted by Crippen LogP contribution is 2.13. The van der Waals surface area contributed by atoms with E-state index in [9.17, 15) is 18.0 Å². The fourth-order valence-electron chi connectivity index (χ4n) is 2.94. The van der Waals surface area contributed by atoms with E-state index in [0.29, 0.717) is 18.9 Å². The first-order valence-electron chi connectivity index (χ1n) is 9.13. The number of aryl methyl sites for hydroxylation is 2. The lowest BCUT2D eigenvalue weighted by atomic mass is 10.2. The Labute approximate surface area is 165 Å². The molecule has 0 saturated carbocycles. The van der Waals surface area contributed by atoms with Crippen LogP contribution in [0.1, 0.15) is 33.0 Å². The van der Waals surface area contributed by atoms with Gasteiger partial charge in [-0.15, -0.1) is 0 Å². The molecule has 1 saturated heterocycles. The van der Waals surface area contributed by atoms with Gasteiger partial charge in [0.1, 0.15) is 5.82 Å². The molecule has 3 atom stereocenters. The molecule has 1 fully saturated rings. The van der Waals surface area contributed by atoms with Crippen LogP contribution in [0.3, 0.4) is 0 Å². The smallest absolute Gasteiger partial charge is 0.307 e. The Morgan fingerprint density at radius 2 is 1.96 bits per heavy atom. The molecule has 2 rings (SSSR count). The highest BCUT2D eigenvalue weighted by Gasteiger charge is 2.30. The zero-order valence-electron chi connectivity index (χ0n) is 16.8. The van der Waals surface area contributed by atoms with E-state index < -0.39 is 22.1 Å². The lowest BCUT2D eigenvalue weighted by Gasteiger charge is -2.36. The van der Waals surface area contributed by atoms with Crippen molar-refractivity contribution in [2.75, 3.05) is 19.6 Å². The van der Waals surface area contributed by atoms with E-state index in [-0.39, 0.29) is 36.1 Å². The van der Waals surface area contributed by atoms with Crippen molar-refractivity contribution in [3.8, 4) is 0 Å². The van der Waals surface area contributed by atoms with Gasteiger partial charge in [0, 0.05) is 32.9 Å². The lowest BCUT2D eigenvalue weighted by molar-refractivity contribution is -0.164. The third-order valence-electron chi connectivity index (χ3n) is 4.37. The zero-order valence-corrected chi connectivity index (χ0v) is 17.7. The molecule has 1 aromatic rings. The number of esters is 1. The van der Waals surface area contributed by atoms with Crippen molar-refractivity contribution in [2.24, 2.45) is 7.05 Å². The van der Waals surface area contributed by atoms with Gasteiger partial charge in [-0.3, -0.25) is 9.59 Å². The Kier molecular flexibility index (Phi) is 7.18. The highest BCUT2D eigenvalue weighted by molar-refractivity contribution is 7.89. The Bertz CT molecular complexity index is 792. The van der Waals surface area contributed by atoms with E-state index in [1.807, 2.05) is 13.8 Å². The number of carbonyl (C=O) groups is 2. The molecule has 28 heavy (non-hydrogen) atoms. The minimum absolute atomic E-state index is 0.0831. The van der Waals surface area contributed by atoms with Gasteiger partial charge >= 0.3 is 5.97 Å². The van der Waals surface area contributed by atoms with E-state index in [0.717, 1.165) is 0 Å². The maximum Gasteiger partial charge on any atom is 0.307 e. The molecule has 3 unspecified atom stereocenters. The number of sulfonamides is 1. The number of amides is 1. The molecule has 1 N–H and O–H groups in total. The van der Waals surface area contributed by atoms with Crippen LogP contribution in [-0.4, -0.2) is 72.7 Å². The van der Waals surface area contributed by atoms with Crippen molar-refractivity contribution in [3.63, 3.8) is 0 Å². The second-order valence-electron chi connectivity index (χ2n) is 7.02. The Morgan fingerprint density at radius 1 is 1.36 bits per heavy atom. The summed E-state index contributed by atoms with van der Waals surface area (Å²) in [6, 6.07) is 0. The minimum Gasteiger partial charge on any atom is -0.452 e. The molecular formula is C17H28N4O6S. The number of rotatable bonds is 7. The van der Waals surface area contributed by atoms with Crippen molar-refractivity contribution < 1.29 is 27.5 Å². The molecule has 158 valence electrons. The van der Waals surface area contributed by atoms with E-state index in [2.05, 4.69) is 9.71 Å². The fourth-order valence-corrected chi connectivity index (χ4v) is 4.01. The third-order valence-corrected chi connectivity index (χ3v) is 5.70. The second-order valence-corrected chi connectivity index (χ2v) is 8.73. The SMILES string of the molecule is Cc1nc(S(=O)(=O)NCCC(=O)OC(C)C(=O)N2CC(C)OC(C)C2)cn1C. The van der Waals surface area contributed by atoms with Gasteiger partial charge in [0.05, 0.1) is 18.6 Å². The number of nitrogens with zero attached hydrogens (tertiary/aromatic N) is 3. The molecule has 1 amide bonds. The van der Waals surface area contributed by atoms with E-state index >= 15 is 0 Å². The quantitative estimate of drug-likeness (QED) is 0.620. The predicted molar refractivity (Wildman–Crippen MR) is 99.9 cm³/mol. The molecule has 0 aliphatic carbocycles. The average Bonchev–Trinajstić information content (AvgIpc) is 2.93. The Balaban J connectivity index is 1.80. The van der Waals surface area contributed by atoms with Crippen molar-refractivity contribution in [2.45, 2.75) is 57.5 Å². The molecule has 0 spiro atoms. The molecule has 11 heteroatoms. The first-order valence-corrected chi connectivity index (χ1v) is 10.6. The van der Waals surface area contributed by atoms with Gasteiger partial charge in [-0.05, 0) is 27.7 Å². The number of carbonyl (C=O) groups excluding carboxylic acids is 2. The van der Waals surface area contributed by atoms with Crippen LogP contribution >= 0.6 is 0 Å². The number of hydrogen-bond donors (Lipinski definition) is 1. The number of nitrogens with one attached hydrogen (secondary N) is 1. The van der Waals surface area contributed by atoms with Gasteiger partial charge in [0.25, 0.3) is 15.9 Å². The zero-order chi connectivity index (χ0) is 21.1. The summed E-state index contributed by atoms with van der Waals surface area (Å²) < 4.78 is 39.0. The van der Waals surface area contributed by atoms with Crippen LogP contribution in [0.2, 0.25) is 0 Å². The molecule has 0 bridgehead atoms. The standard InChI is InChI=1S/C17H28N4O6S/c1-11-8-21(9-12(2)26-11)17(23)13(3)27-16(22)6-7-18-28(24,25)15-10-20(5)14(4)19-15/h10-13,18H,6-9H2,1-5H3. The van der Waals surface area contributed by atoms with Gasteiger partial charge in [-0.25, -0.2) is 18.1 Å². The first-order chi connectivity index (χ1) is 13.0. The van der Waals surface area contributed by atoms with E-state index in [4.69, 9.17) is 9.47 Å². The topological polar surface area (TPSA) is 120 Å². The Hall–Kier alpha value is -1.98. The molecule has 1 aliphatic heterocycles. The van der Waals surface area contributed by atoms with Gasteiger partial charge in [-0.1, -0.05) is 0 Å². The number of ether oxygens (including phenoxy) is 2. The van der Waals surface area contributed by atoms with Crippen LogP contribution < -0.4 is 4.72 Å². The summed E-state index contributed by atoms with van der Waals surface area (Å²) in [4.78, 5) is 30.0. The molecule has 0 radical (unpaired) electrons. The van der Waals surface area contributed by atoms with Crippen molar-refractivity contribution >= 4 is 21.9 Å². The average molecular weight is 417 g/mol. The van der Waals surface area contributed by atoms with Crippen molar-refractivity contribution in [3.05, 3.63) is 12.0 Å². The monoisotopic (exact) mass is 416 g/mol. The molecule has 1 aliphatic rings. The summed E-state index contributed by atoms with van der Waals surface area (Å²) in [6.45, 7) is 7.67. The molecular weight excluding hydrogens is 388 g/mol. The van der Waals surface area contributed by atoms with Gasteiger partial charge in [0.2, 0.25) is 0 Å². The van der Waals surface area contributed by atoms with Crippen LogP contribution in [0, 0.1) is 6.92 Å². The van der Waals surface area contributed by atoms with Crippen LogP contribution in [0.4, 0.5) is 0 Å². The number of aromatic nitrogens is 2. The molecule has 0 aromatic carbocycles. The van der Waals surface area contributed by atoms with Crippen LogP contribution in [-0.2, 0) is 36.1 Å². The summed E-state index contributed by atoms with van der Waals surface area (Å²) >= 11 is 0. The Morgan fingerprint density at radius 3 is 2.50 bits per heavy atom.